The van der Waals surface area contributed by atoms with Gasteiger partial charge in [-0.2, -0.15) is 5.26 Å². The zero-order chi connectivity index (χ0) is 26.3. The number of nitrogens with one attached hydrogen (secondary N) is 1. The first-order chi connectivity index (χ1) is 17.7. The molecule has 2 aliphatic heterocycles. The van der Waals surface area contributed by atoms with Gasteiger partial charge in [-0.15, -0.1) is 0 Å². The summed E-state index contributed by atoms with van der Waals surface area (Å²) in [4.78, 5) is 36.4. The molecule has 0 spiro atoms. The van der Waals surface area contributed by atoms with E-state index >= 15 is 0 Å². The number of carbonyl (C=O) groups is 2. The smallest absolute Gasteiger partial charge is 0.407 e. The largest absolute Gasteiger partial charge is 0.465 e. The Morgan fingerprint density at radius 1 is 1.08 bits per heavy atom. The first-order valence-electron chi connectivity index (χ1n) is 12.6. The number of hydrogen-bond acceptors (Lipinski definition) is 4. The van der Waals surface area contributed by atoms with Crippen LogP contribution < -0.4 is 0 Å². The van der Waals surface area contributed by atoms with E-state index in [4.69, 9.17) is 10.2 Å². The van der Waals surface area contributed by atoms with Crippen LogP contribution in [0.2, 0.25) is 0 Å². The van der Waals surface area contributed by atoms with E-state index in [1.807, 2.05) is 61.2 Å². The molecule has 5 rings (SSSR count). The first kappa shape index (κ1) is 24.6. The molecular formula is C29H31N5O3. The van der Waals surface area contributed by atoms with E-state index < -0.39 is 6.09 Å². The number of aromatic nitrogens is 2. The van der Waals surface area contributed by atoms with Crippen molar-refractivity contribution in [2.24, 2.45) is 0 Å². The molecule has 1 aromatic heterocycles. The number of hydrogen-bond donors (Lipinski definition) is 2. The number of piperidine rings is 1. The van der Waals surface area contributed by atoms with Crippen LogP contribution in [0.15, 0.2) is 42.5 Å². The van der Waals surface area contributed by atoms with E-state index in [1.54, 1.807) is 0 Å². The number of imidazole rings is 1. The third-order valence-electron chi connectivity index (χ3n) is 8.01. The third kappa shape index (κ3) is 4.57. The van der Waals surface area contributed by atoms with Gasteiger partial charge in [-0.1, -0.05) is 25.1 Å². The van der Waals surface area contributed by atoms with Crippen molar-refractivity contribution in [2.75, 3.05) is 26.2 Å². The summed E-state index contributed by atoms with van der Waals surface area (Å²) < 4.78 is 0. The molecule has 2 N–H and O–H groups in total. The Labute approximate surface area is 216 Å². The SMILES string of the molecule is Cc1ccc(C(=O)N2CC(c3ccc(C#N)cc3)C2)cc1-c1nc(C2(C)CCN(C(=O)O)CC2)[nH]c1C. The standard InChI is InChI=1S/C29H31N5O3/c1-18-4-7-22(26(35)34-16-23(17-34)21-8-5-20(15-30)6-9-21)14-24(18)25-19(2)31-27(32-25)29(3)10-12-33(13-11-29)28(36)37/h4-9,14,23H,10-13,16-17H2,1-3H3,(H,31,32)(H,36,37). The van der Waals surface area contributed by atoms with Crippen LogP contribution in [-0.2, 0) is 5.41 Å². The van der Waals surface area contributed by atoms with E-state index in [0.717, 1.165) is 33.9 Å². The highest BCUT2D eigenvalue weighted by Gasteiger charge is 2.37. The fourth-order valence-corrected chi connectivity index (χ4v) is 5.31. The number of nitrogens with zero attached hydrogens (tertiary/aromatic N) is 4. The van der Waals surface area contributed by atoms with Crippen LogP contribution in [0.1, 0.15) is 64.2 Å². The quantitative estimate of drug-likeness (QED) is 0.536. The summed E-state index contributed by atoms with van der Waals surface area (Å²) in [5, 5.41) is 18.3. The Morgan fingerprint density at radius 2 is 1.76 bits per heavy atom. The van der Waals surface area contributed by atoms with Crippen LogP contribution in [0, 0.1) is 25.2 Å². The monoisotopic (exact) mass is 497 g/mol. The van der Waals surface area contributed by atoms with Crippen molar-refractivity contribution < 1.29 is 14.7 Å². The Hall–Kier alpha value is -4.12. The molecule has 0 atom stereocenters. The number of benzene rings is 2. The number of likely N-dealkylation sites (tertiary alicyclic amines) is 2. The molecule has 8 nitrogen and oxygen atoms in total. The summed E-state index contributed by atoms with van der Waals surface area (Å²) in [5.41, 5.74) is 5.95. The Bertz CT molecular complexity index is 1390. The van der Waals surface area contributed by atoms with Gasteiger partial charge in [0.15, 0.2) is 0 Å². The van der Waals surface area contributed by atoms with Gasteiger partial charge in [0.1, 0.15) is 5.82 Å². The van der Waals surface area contributed by atoms with E-state index in [9.17, 15) is 14.7 Å². The van der Waals surface area contributed by atoms with Crippen LogP contribution in [0.5, 0.6) is 0 Å². The normalized spacial score (nSPS) is 17.2. The van der Waals surface area contributed by atoms with Crippen LogP contribution in [0.4, 0.5) is 4.79 Å². The van der Waals surface area contributed by atoms with Gasteiger partial charge in [0.05, 0.1) is 17.3 Å². The summed E-state index contributed by atoms with van der Waals surface area (Å²) in [6.07, 6.45) is 0.540. The molecule has 8 heteroatoms. The lowest BCUT2D eigenvalue weighted by molar-refractivity contribution is 0.0602. The first-order valence-corrected chi connectivity index (χ1v) is 12.6. The second kappa shape index (κ2) is 9.40. The van der Waals surface area contributed by atoms with Gasteiger partial charge in [-0.05, 0) is 62.1 Å². The Morgan fingerprint density at radius 3 is 2.38 bits per heavy atom. The molecule has 3 aromatic rings. The molecule has 2 aromatic carbocycles. The van der Waals surface area contributed by atoms with Crippen molar-refractivity contribution in [2.45, 2.75) is 44.9 Å². The summed E-state index contributed by atoms with van der Waals surface area (Å²) in [6, 6.07) is 15.5. The maximum Gasteiger partial charge on any atom is 0.407 e. The second-order valence-electron chi connectivity index (χ2n) is 10.6. The van der Waals surface area contributed by atoms with Crippen molar-refractivity contribution in [3.05, 3.63) is 76.2 Å². The molecule has 0 saturated carbocycles. The average Bonchev–Trinajstić information content (AvgIpc) is 3.26. The second-order valence-corrected chi connectivity index (χ2v) is 10.6. The van der Waals surface area contributed by atoms with Gasteiger partial charge in [0.2, 0.25) is 0 Å². The van der Waals surface area contributed by atoms with Gasteiger partial charge < -0.3 is 19.9 Å². The molecule has 2 fully saturated rings. The third-order valence-corrected chi connectivity index (χ3v) is 8.01. The van der Waals surface area contributed by atoms with E-state index in [1.165, 1.54) is 4.90 Å². The zero-order valence-electron chi connectivity index (χ0n) is 21.4. The van der Waals surface area contributed by atoms with E-state index in [0.29, 0.717) is 50.1 Å². The molecule has 0 aliphatic carbocycles. The fourth-order valence-electron chi connectivity index (χ4n) is 5.31. The van der Waals surface area contributed by atoms with Gasteiger partial charge in [0.25, 0.3) is 5.91 Å². The van der Waals surface area contributed by atoms with Gasteiger partial charge >= 0.3 is 6.09 Å². The molecule has 190 valence electrons. The molecule has 0 radical (unpaired) electrons. The Kier molecular flexibility index (Phi) is 6.24. The summed E-state index contributed by atoms with van der Waals surface area (Å²) >= 11 is 0. The van der Waals surface area contributed by atoms with Gasteiger partial charge in [0, 0.05) is 54.3 Å². The minimum Gasteiger partial charge on any atom is -0.465 e. The molecule has 2 aliphatic rings. The number of aromatic amines is 1. The molecule has 3 heterocycles. The highest BCUT2D eigenvalue weighted by molar-refractivity contribution is 5.96. The fraction of sp³-hybridized carbons (Fsp3) is 0.379. The number of carbonyl (C=O) groups excluding carboxylic acids is 1. The van der Waals surface area contributed by atoms with Crippen LogP contribution in [-0.4, -0.2) is 63.1 Å². The number of H-pyrrole nitrogens is 1. The van der Waals surface area contributed by atoms with E-state index in [-0.39, 0.29) is 17.2 Å². The maximum absolute atomic E-state index is 13.3. The molecule has 2 amide bonds. The highest BCUT2D eigenvalue weighted by atomic mass is 16.4. The van der Waals surface area contributed by atoms with E-state index in [2.05, 4.69) is 18.0 Å². The average molecular weight is 498 g/mol. The Balaban J connectivity index is 1.32. The topological polar surface area (TPSA) is 113 Å². The van der Waals surface area contributed by atoms with Crippen molar-refractivity contribution in [3.63, 3.8) is 0 Å². The summed E-state index contributed by atoms with van der Waals surface area (Å²) in [6.45, 7) is 8.44. The van der Waals surface area contributed by atoms with Crippen LogP contribution >= 0.6 is 0 Å². The lowest BCUT2D eigenvalue weighted by Gasteiger charge is -2.39. The maximum atomic E-state index is 13.3. The predicted octanol–water partition coefficient (Wildman–Crippen LogP) is 4.84. The molecule has 0 bridgehead atoms. The number of aryl methyl sites for hydroxylation is 2. The number of carboxylic acid groups (broad SMARTS) is 1. The zero-order valence-corrected chi connectivity index (χ0v) is 21.4. The van der Waals surface area contributed by atoms with Crippen molar-refractivity contribution >= 4 is 12.0 Å². The summed E-state index contributed by atoms with van der Waals surface area (Å²) in [5.74, 6) is 1.16. The number of rotatable bonds is 4. The predicted molar refractivity (Wildman–Crippen MR) is 139 cm³/mol. The minimum atomic E-state index is -0.874. The molecule has 0 unspecified atom stereocenters. The number of amides is 2. The molecular weight excluding hydrogens is 466 g/mol. The highest BCUT2D eigenvalue weighted by Crippen LogP contribution is 2.37. The number of nitriles is 1. The van der Waals surface area contributed by atoms with Gasteiger partial charge in [-0.25, -0.2) is 9.78 Å². The lowest BCUT2D eigenvalue weighted by atomic mass is 9.80. The molecule has 2 saturated heterocycles. The minimum absolute atomic E-state index is 0.00700. The van der Waals surface area contributed by atoms with Crippen LogP contribution in [0.25, 0.3) is 11.3 Å². The molecule has 37 heavy (non-hydrogen) atoms. The summed E-state index contributed by atoms with van der Waals surface area (Å²) in [7, 11) is 0. The van der Waals surface area contributed by atoms with Crippen molar-refractivity contribution in [1.82, 2.24) is 19.8 Å². The lowest BCUT2D eigenvalue weighted by Crippen LogP contribution is -2.48. The van der Waals surface area contributed by atoms with Gasteiger partial charge in [-0.3, -0.25) is 4.79 Å². The van der Waals surface area contributed by atoms with Crippen molar-refractivity contribution in [1.29, 1.82) is 5.26 Å². The van der Waals surface area contributed by atoms with Crippen LogP contribution in [0.3, 0.4) is 0 Å². The van der Waals surface area contributed by atoms with Crippen molar-refractivity contribution in [3.8, 4) is 17.3 Å².